The summed E-state index contributed by atoms with van der Waals surface area (Å²) in [7, 11) is 0. The average Bonchev–Trinajstić information content (AvgIpc) is 3.05. The average molecular weight is 443 g/mol. The van der Waals surface area contributed by atoms with E-state index in [0.717, 1.165) is 57.4 Å². The lowest BCUT2D eigenvalue weighted by molar-refractivity contribution is -0.122. The molecule has 5 nitrogen and oxygen atoms in total. The lowest BCUT2D eigenvalue weighted by Crippen LogP contribution is -2.52. The van der Waals surface area contributed by atoms with E-state index in [1.165, 1.54) is 16.9 Å². The number of amides is 1. The van der Waals surface area contributed by atoms with Gasteiger partial charge in [0, 0.05) is 30.9 Å². The summed E-state index contributed by atoms with van der Waals surface area (Å²) in [5.41, 5.74) is 8.08. The minimum absolute atomic E-state index is 0. The molecular formula is C20H28Cl2N4OS. The van der Waals surface area contributed by atoms with Gasteiger partial charge in [0.15, 0.2) is 5.13 Å². The number of thiazole rings is 1. The number of hydrogen-bond donors (Lipinski definition) is 2. The predicted molar refractivity (Wildman–Crippen MR) is 120 cm³/mol. The number of hydrogen-bond acceptors (Lipinski definition) is 5. The first-order valence-electron chi connectivity index (χ1n) is 9.48. The van der Waals surface area contributed by atoms with Gasteiger partial charge < -0.3 is 11.1 Å². The topological polar surface area (TPSA) is 71.2 Å². The molecule has 1 aromatic carbocycles. The van der Waals surface area contributed by atoms with Crippen LogP contribution in [0.1, 0.15) is 48.2 Å². The Kier molecular flexibility index (Phi) is 8.28. The Morgan fingerprint density at radius 1 is 1.18 bits per heavy atom. The molecule has 4 rings (SSSR count). The summed E-state index contributed by atoms with van der Waals surface area (Å²) in [6.07, 6.45) is 5.72. The highest BCUT2D eigenvalue weighted by Gasteiger charge is 2.36. The number of halogens is 2. The zero-order valence-electron chi connectivity index (χ0n) is 15.9. The summed E-state index contributed by atoms with van der Waals surface area (Å²) >= 11 is 1.60. The molecule has 0 saturated heterocycles. The predicted octanol–water partition coefficient (Wildman–Crippen LogP) is 4.15. The molecule has 0 bridgehead atoms. The summed E-state index contributed by atoms with van der Waals surface area (Å²) in [5.74, 6) is -0.0653. The minimum Gasteiger partial charge on any atom is -0.317 e. The zero-order chi connectivity index (χ0) is 18.0. The monoisotopic (exact) mass is 442 g/mol. The maximum Gasteiger partial charge on any atom is 0.246 e. The second kappa shape index (κ2) is 10.0. The van der Waals surface area contributed by atoms with Crippen molar-refractivity contribution in [2.24, 2.45) is 5.73 Å². The molecule has 1 aromatic heterocycles. The molecule has 1 fully saturated rings. The molecule has 0 spiro atoms. The van der Waals surface area contributed by atoms with Crippen LogP contribution >= 0.6 is 36.2 Å². The Morgan fingerprint density at radius 2 is 1.89 bits per heavy atom. The first-order chi connectivity index (χ1) is 12.6. The van der Waals surface area contributed by atoms with E-state index in [0.29, 0.717) is 5.13 Å². The number of fused-ring (bicyclic) bond motifs is 1. The molecule has 2 aromatic rings. The van der Waals surface area contributed by atoms with Crippen molar-refractivity contribution in [3.63, 3.8) is 0 Å². The van der Waals surface area contributed by atoms with E-state index < -0.39 is 5.54 Å². The normalized spacial score (nSPS) is 18.3. The number of aromatic nitrogens is 1. The van der Waals surface area contributed by atoms with E-state index >= 15 is 0 Å². The summed E-state index contributed by atoms with van der Waals surface area (Å²) < 4.78 is 0. The fraction of sp³-hybridized carbons (Fsp3) is 0.500. The molecule has 0 atom stereocenters. The zero-order valence-corrected chi connectivity index (χ0v) is 18.3. The second-order valence-electron chi connectivity index (χ2n) is 7.51. The third-order valence-electron chi connectivity index (χ3n) is 5.48. The molecule has 2 heterocycles. The summed E-state index contributed by atoms with van der Waals surface area (Å²) in [4.78, 5) is 21.0. The van der Waals surface area contributed by atoms with E-state index in [-0.39, 0.29) is 30.7 Å². The van der Waals surface area contributed by atoms with Crippen LogP contribution < -0.4 is 11.1 Å². The van der Waals surface area contributed by atoms with Gasteiger partial charge in [-0.3, -0.25) is 9.69 Å². The van der Waals surface area contributed by atoms with E-state index in [2.05, 4.69) is 39.5 Å². The third-order valence-corrected chi connectivity index (χ3v) is 6.48. The number of benzene rings is 1. The van der Waals surface area contributed by atoms with Crippen molar-refractivity contribution in [1.29, 1.82) is 0 Å². The first kappa shape index (κ1) is 23.1. The fourth-order valence-corrected chi connectivity index (χ4v) is 4.96. The molecule has 154 valence electrons. The number of carbonyl (C=O) groups excluding carboxylic acids is 1. The molecule has 0 radical (unpaired) electrons. The molecule has 1 saturated carbocycles. The number of nitrogens with two attached hydrogens (primary N) is 1. The molecule has 2 aliphatic rings. The van der Waals surface area contributed by atoms with E-state index in [9.17, 15) is 4.79 Å². The van der Waals surface area contributed by atoms with Gasteiger partial charge in [-0.25, -0.2) is 4.98 Å². The lowest BCUT2D eigenvalue weighted by Gasteiger charge is -2.31. The highest BCUT2D eigenvalue weighted by Crippen LogP contribution is 2.31. The van der Waals surface area contributed by atoms with Crippen LogP contribution in [0, 0.1) is 0 Å². The Labute approximate surface area is 182 Å². The van der Waals surface area contributed by atoms with Crippen LogP contribution in [0.25, 0.3) is 0 Å². The highest BCUT2D eigenvalue weighted by atomic mass is 35.5. The minimum atomic E-state index is -0.718. The quantitative estimate of drug-likeness (QED) is 0.745. The van der Waals surface area contributed by atoms with Crippen molar-refractivity contribution in [2.75, 3.05) is 11.9 Å². The van der Waals surface area contributed by atoms with Crippen molar-refractivity contribution in [2.45, 2.75) is 57.2 Å². The van der Waals surface area contributed by atoms with Gasteiger partial charge in [-0.05, 0) is 18.4 Å². The third kappa shape index (κ3) is 5.24. The van der Waals surface area contributed by atoms with Crippen molar-refractivity contribution < 1.29 is 4.79 Å². The standard InChI is InChI=1S/C20H26N4OS.2ClH/c21-20(10-5-2-6-11-20)18(25)23-19-22-16-9-12-24(14-17(16)26-19)13-15-7-3-1-4-8-15;;/h1,3-4,7-8H,2,5-6,9-14,21H2,(H,22,23,25);2*1H. The Morgan fingerprint density at radius 3 is 2.61 bits per heavy atom. The molecular weight excluding hydrogens is 415 g/mol. The van der Waals surface area contributed by atoms with Crippen molar-refractivity contribution >= 4 is 47.2 Å². The van der Waals surface area contributed by atoms with Gasteiger partial charge in [0.25, 0.3) is 0 Å². The van der Waals surface area contributed by atoms with Gasteiger partial charge in [0.1, 0.15) is 0 Å². The number of nitrogens with one attached hydrogen (secondary N) is 1. The fourth-order valence-electron chi connectivity index (χ4n) is 3.91. The van der Waals surface area contributed by atoms with Crippen LogP contribution in [-0.2, 0) is 24.3 Å². The molecule has 0 unspecified atom stereocenters. The molecule has 3 N–H and O–H groups in total. The van der Waals surface area contributed by atoms with E-state index in [1.807, 2.05) is 6.07 Å². The van der Waals surface area contributed by atoms with Gasteiger partial charge in [-0.2, -0.15) is 0 Å². The van der Waals surface area contributed by atoms with Crippen LogP contribution in [0.2, 0.25) is 0 Å². The maximum atomic E-state index is 12.6. The summed E-state index contributed by atoms with van der Waals surface area (Å²) in [5, 5.41) is 3.70. The molecule has 8 heteroatoms. The Balaban J connectivity index is 0.00000140. The summed E-state index contributed by atoms with van der Waals surface area (Å²) in [6, 6.07) is 10.5. The number of nitrogens with zero attached hydrogens (tertiary/aromatic N) is 2. The van der Waals surface area contributed by atoms with Crippen LogP contribution in [-0.4, -0.2) is 27.9 Å². The van der Waals surface area contributed by atoms with Gasteiger partial charge in [0.2, 0.25) is 5.91 Å². The number of rotatable bonds is 4. The molecule has 1 aliphatic carbocycles. The summed E-state index contributed by atoms with van der Waals surface area (Å²) in [6.45, 7) is 2.84. The van der Waals surface area contributed by atoms with Crippen molar-refractivity contribution in [1.82, 2.24) is 9.88 Å². The number of carbonyl (C=O) groups is 1. The molecule has 28 heavy (non-hydrogen) atoms. The van der Waals surface area contributed by atoms with Gasteiger partial charge in [0.05, 0.1) is 11.2 Å². The Hall–Kier alpha value is -1.18. The molecule has 1 amide bonds. The van der Waals surface area contributed by atoms with Crippen molar-refractivity contribution in [3.8, 4) is 0 Å². The van der Waals surface area contributed by atoms with E-state index in [1.54, 1.807) is 11.3 Å². The first-order valence-corrected chi connectivity index (χ1v) is 10.3. The van der Waals surface area contributed by atoms with Crippen LogP contribution in [0.15, 0.2) is 30.3 Å². The van der Waals surface area contributed by atoms with Gasteiger partial charge in [-0.15, -0.1) is 36.2 Å². The van der Waals surface area contributed by atoms with Crippen molar-refractivity contribution in [3.05, 3.63) is 46.5 Å². The largest absolute Gasteiger partial charge is 0.317 e. The lowest BCUT2D eigenvalue weighted by atomic mass is 9.82. The van der Waals surface area contributed by atoms with Gasteiger partial charge in [-0.1, -0.05) is 49.6 Å². The SMILES string of the molecule is Cl.Cl.NC1(C(=O)Nc2nc3c(s2)CN(Cc2ccccc2)CC3)CCCCC1. The molecule has 1 aliphatic heterocycles. The maximum absolute atomic E-state index is 12.6. The van der Waals surface area contributed by atoms with Gasteiger partial charge >= 0.3 is 0 Å². The number of anilines is 1. The van der Waals surface area contributed by atoms with E-state index in [4.69, 9.17) is 5.73 Å². The smallest absolute Gasteiger partial charge is 0.246 e. The Bertz CT molecular complexity index is 778. The van der Waals surface area contributed by atoms with Crippen LogP contribution in [0.4, 0.5) is 5.13 Å². The highest BCUT2D eigenvalue weighted by molar-refractivity contribution is 7.15. The van der Waals surface area contributed by atoms with Crippen LogP contribution in [0.5, 0.6) is 0 Å². The van der Waals surface area contributed by atoms with Crippen LogP contribution in [0.3, 0.4) is 0 Å². The second-order valence-corrected chi connectivity index (χ2v) is 8.59.